The smallest absolute Gasteiger partial charge is 0.183 e. The van der Waals surface area contributed by atoms with E-state index in [0.29, 0.717) is 20.6 Å². The molecule has 4 N–H and O–H groups in total. The van der Waals surface area contributed by atoms with Crippen molar-refractivity contribution in [1.29, 1.82) is 0 Å². The number of ether oxygens (including phenoxy) is 1. The highest BCUT2D eigenvalue weighted by Gasteiger charge is 2.53. The molecule has 3 heterocycles. The first-order valence-electron chi connectivity index (χ1n) is 6.65. The van der Waals surface area contributed by atoms with Crippen molar-refractivity contribution in [3.8, 4) is 0 Å². The molecule has 0 saturated carbocycles. The van der Waals surface area contributed by atoms with Gasteiger partial charge in [-0.05, 0) is 29.5 Å². The van der Waals surface area contributed by atoms with Crippen molar-refractivity contribution in [3.63, 3.8) is 0 Å². The maximum atomic E-state index is 10.6. The highest BCUT2D eigenvalue weighted by Crippen LogP contribution is 2.40. The molecule has 0 spiro atoms. The summed E-state index contributed by atoms with van der Waals surface area (Å²) >= 11 is 2.04. The molecule has 1 fully saturated rings. The molecule has 1 aliphatic rings. The molecule has 1 saturated heterocycles. The quantitative estimate of drug-likeness (QED) is 0.488. The predicted octanol–water partition coefficient (Wildman–Crippen LogP) is -0.526. The Morgan fingerprint density at radius 1 is 1.50 bits per heavy atom. The minimum atomic E-state index is -1.61. The van der Waals surface area contributed by atoms with Gasteiger partial charge in [0.2, 0.25) is 0 Å². The Balaban J connectivity index is 2.15. The van der Waals surface area contributed by atoms with E-state index in [-0.39, 0.29) is 0 Å². The minimum Gasteiger partial charge on any atom is -0.394 e. The number of hydrogen-bond donors (Lipinski definition) is 4. The lowest BCUT2D eigenvalue weighted by Crippen LogP contribution is -2.44. The first-order valence-corrected chi connectivity index (χ1v) is 7.73. The summed E-state index contributed by atoms with van der Waals surface area (Å²) in [6, 6.07) is 0. The predicted molar refractivity (Wildman–Crippen MR) is 85.2 cm³/mol. The summed E-state index contributed by atoms with van der Waals surface area (Å²) in [6.45, 7) is 1.04. The number of aliphatic hydroxyl groups is 3. The van der Waals surface area contributed by atoms with Crippen LogP contribution in [0.4, 0.5) is 5.82 Å². The maximum absolute atomic E-state index is 10.6. The molecule has 0 bridgehead atoms. The van der Waals surface area contributed by atoms with E-state index in [1.54, 1.807) is 7.05 Å². The van der Waals surface area contributed by atoms with Crippen LogP contribution < -0.4 is 5.32 Å². The monoisotopic (exact) mass is 421 g/mol. The zero-order valence-corrected chi connectivity index (χ0v) is 14.1. The standard InChI is InChI=1S/C12H16IN5O4/c1-12(21)7(20)5(3-19)22-11(12)18-10-6(8(13)17-18)9(14-2)15-4-16-10/h4-5,7,11,19-21H,3H2,1-2H3,(H,14,15,16)/t5-,7-,11?,12-/m1/s1. The Kier molecular flexibility index (Phi) is 3.97. The van der Waals surface area contributed by atoms with Crippen molar-refractivity contribution in [2.24, 2.45) is 0 Å². The number of nitrogens with zero attached hydrogens (tertiary/aromatic N) is 4. The molecule has 2 aromatic rings. The van der Waals surface area contributed by atoms with Gasteiger partial charge >= 0.3 is 0 Å². The Bertz CT molecular complexity index is 706. The third-order valence-electron chi connectivity index (χ3n) is 3.84. The van der Waals surface area contributed by atoms with Gasteiger partial charge in [-0.2, -0.15) is 5.10 Å². The van der Waals surface area contributed by atoms with E-state index in [1.165, 1.54) is 17.9 Å². The average Bonchev–Trinajstić information content (AvgIpc) is 2.95. The summed E-state index contributed by atoms with van der Waals surface area (Å²) in [5.41, 5.74) is -1.14. The van der Waals surface area contributed by atoms with Crippen LogP contribution in [0.15, 0.2) is 6.33 Å². The van der Waals surface area contributed by atoms with E-state index in [2.05, 4.69) is 20.4 Å². The summed E-state index contributed by atoms with van der Waals surface area (Å²) in [5.74, 6) is 0.609. The van der Waals surface area contributed by atoms with Crippen LogP contribution in [0.3, 0.4) is 0 Å². The van der Waals surface area contributed by atoms with Crippen molar-refractivity contribution in [1.82, 2.24) is 19.7 Å². The van der Waals surface area contributed by atoms with E-state index < -0.39 is 30.6 Å². The molecule has 2 aromatic heterocycles. The van der Waals surface area contributed by atoms with Crippen molar-refractivity contribution in [2.75, 3.05) is 19.0 Å². The fourth-order valence-corrected chi connectivity index (χ4v) is 3.36. The molecule has 9 nitrogen and oxygen atoms in total. The van der Waals surface area contributed by atoms with Crippen molar-refractivity contribution < 1.29 is 20.1 Å². The zero-order valence-electron chi connectivity index (χ0n) is 11.9. The van der Waals surface area contributed by atoms with Crippen LogP contribution in [0.1, 0.15) is 13.2 Å². The second kappa shape index (κ2) is 5.53. The van der Waals surface area contributed by atoms with Gasteiger partial charge in [-0.1, -0.05) is 0 Å². The van der Waals surface area contributed by atoms with Gasteiger partial charge in [0.15, 0.2) is 11.9 Å². The first-order chi connectivity index (χ1) is 10.4. The summed E-state index contributed by atoms with van der Waals surface area (Å²) in [7, 11) is 1.74. The van der Waals surface area contributed by atoms with E-state index in [0.717, 1.165) is 0 Å². The number of nitrogens with one attached hydrogen (secondary N) is 1. The second-order valence-electron chi connectivity index (χ2n) is 5.29. The normalized spacial score (nSPS) is 31.8. The van der Waals surface area contributed by atoms with Gasteiger partial charge in [0.25, 0.3) is 0 Å². The number of aromatic nitrogens is 4. The van der Waals surface area contributed by atoms with Gasteiger partial charge < -0.3 is 25.4 Å². The Morgan fingerprint density at radius 2 is 2.23 bits per heavy atom. The van der Waals surface area contributed by atoms with Gasteiger partial charge in [0, 0.05) is 7.05 Å². The van der Waals surface area contributed by atoms with Gasteiger partial charge in [-0.25, -0.2) is 14.6 Å². The van der Waals surface area contributed by atoms with E-state index in [4.69, 9.17) is 4.74 Å². The molecule has 0 amide bonds. The Morgan fingerprint density at radius 3 is 2.82 bits per heavy atom. The molecule has 0 aromatic carbocycles. The van der Waals surface area contributed by atoms with Crippen molar-refractivity contribution >= 4 is 39.4 Å². The number of halogens is 1. The number of anilines is 1. The molecule has 4 atom stereocenters. The van der Waals surface area contributed by atoms with Crippen LogP contribution in [0.2, 0.25) is 0 Å². The molecule has 1 unspecified atom stereocenters. The highest BCUT2D eigenvalue weighted by molar-refractivity contribution is 14.1. The van der Waals surface area contributed by atoms with Crippen LogP contribution in [-0.4, -0.2) is 66.5 Å². The molecule has 0 radical (unpaired) electrons. The van der Waals surface area contributed by atoms with Crippen LogP contribution in [0, 0.1) is 3.70 Å². The van der Waals surface area contributed by atoms with Crippen LogP contribution >= 0.6 is 22.6 Å². The molecule has 22 heavy (non-hydrogen) atoms. The lowest BCUT2D eigenvalue weighted by atomic mass is 9.97. The van der Waals surface area contributed by atoms with E-state index in [9.17, 15) is 15.3 Å². The first kappa shape index (κ1) is 15.8. The molecule has 1 aliphatic heterocycles. The number of aliphatic hydroxyl groups excluding tert-OH is 2. The minimum absolute atomic E-state index is 0.402. The molecule has 120 valence electrons. The summed E-state index contributed by atoms with van der Waals surface area (Å²) in [5, 5.41) is 38.0. The van der Waals surface area contributed by atoms with Crippen LogP contribution in [-0.2, 0) is 4.74 Å². The van der Waals surface area contributed by atoms with Gasteiger partial charge in [0.05, 0.1) is 12.0 Å². The third-order valence-corrected chi connectivity index (χ3v) is 4.59. The molecular weight excluding hydrogens is 405 g/mol. The molecular formula is C12H16IN5O4. The summed E-state index contributed by atoms with van der Waals surface area (Å²) in [4.78, 5) is 8.34. The topological polar surface area (TPSA) is 126 Å². The number of rotatable bonds is 3. The average molecular weight is 421 g/mol. The van der Waals surface area contributed by atoms with Crippen molar-refractivity contribution in [2.45, 2.75) is 31.0 Å². The summed E-state index contributed by atoms with van der Waals surface area (Å²) < 4.78 is 7.64. The fourth-order valence-electron chi connectivity index (χ4n) is 2.63. The lowest BCUT2D eigenvalue weighted by Gasteiger charge is -2.26. The molecule has 0 aliphatic carbocycles. The fraction of sp³-hybridized carbons (Fsp3) is 0.583. The van der Waals surface area contributed by atoms with Gasteiger partial charge in [-0.3, -0.25) is 0 Å². The van der Waals surface area contributed by atoms with Crippen LogP contribution in [0.25, 0.3) is 11.0 Å². The summed E-state index contributed by atoms with van der Waals surface area (Å²) in [6.07, 6.45) is -1.70. The maximum Gasteiger partial charge on any atom is 0.183 e. The zero-order chi connectivity index (χ0) is 16.1. The van der Waals surface area contributed by atoms with Crippen molar-refractivity contribution in [3.05, 3.63) is 10.0 Å². The van der Waals surface area contributed by atoms with Gasteiger partial charge in [-0.15, -0.1) is 0 Å². The SMILES string of the molecule is CNc1ncnc2c1c(I)nn2C1O[C@H](CO)[C@@H](O)[C@@]1(C)O. The van der Waals surface area contributed by atoms with Crippen LogP contribution in [0.5, 0.6) is 0 Å². The Labute approximate surface area is 139 Å². The largest absolute Gasteiger partial charge is 0.394 e. The van der Waals surface area contributed by atoms with E-state index >= 15 is 0 Å². The Hall–Kier alpha value is -1.08. The molecule has 10 heteroatoms. The number of fused-ring (bicyclic) bond motifs is 1. The van der Waals surface area contributed by atoms with E-state index in [1.807, 2.05) is 22.6 Å². The second-order valence-corrected chi connectivity index (χ2v) is 6.31. The molecule has 3 rings (SSSR count). The highest BCUT2D eigenvalue weighted by atomic mass is 127. The number of hydrogen-bond acceptors (Lipinski definition) is 8. The van der Waals surface area contributed by atoms with Gasteiger partial charge in [0.1, 0.15) is 33.7 Å². The third kappa shape index (κ3) is 2.17. The lowest BCUT2D eigenvalue weighted by molar-refractivity contribution is -0.100.